The molecule has 1 N–H and O–H groups in total. The normalized spacial score (nSPS) is 20.2. The van der Waals surface area contributed by atoms with Gasteiger partial charge in [0.2, 0.25) is 0 Å². The number of carbonyl (C=O) groups is 1. The molecule has 38 heavy (non-hydrogen) atoms. The fourth-order valence-electron chi connectivity index (χ4n) is 4.69. The van der Waals surface area contributed by atoms with Crippen LogP contribution in [0.2, 0.25) is 18.1 Å². The molecule has 2 fully saturated rings. The van der Waals surface area contributed by atoms with Crippen molar-refractivity contribution in [1.29, 1.82) is 0 Å². The SMILES string of the molecule is CC(C)(C)OC(=O)NC1CCN(c2nc3nc(N4CCCC(O[Si](C)(C)C(C)(C)C)C4)sc3cc2Br)CC1. The molecule has 8 nitrogen and oxygen atoms in total. The number of carbonyl (C=O) groups excluding carboxylic acids is 1. The van der Waals surface area contributed by atoms with E-state index < -0.39 is 13.9 Å². The first-order chi connectivity index (χ1) is 17.6. The van der Waals surface area contributed by atoms with Crippen LogP contribution in [0.4, 0.5) is 15.7 Å². The van der Waals surface area contributed by atoms with Gasteiger partial charge in [-0.15, -0.1) is 0 Å². The number of alkyl carbamates (subject to hydrolysis) is 1. The first kappa shape index (κ1) is 29.5. The number of rotatable bonds is 5. The summed E-state index contributed by atoms with van der Waals surface area (Å²) in [6.45, 7) is 20.7. The zero-order valence-electron chi connectivity index (χ0n) is 24.2. The summed E-state index contributed by atoms with van der Waals surface area (Å²) in [5, 5.41) is 4.25. The monoisotopic (exact) mass is 625 g/mol. The van der Waals surface area contributed by atoms with Crippen LogP contribution >= 0.6 is 27.3 Å². The first-order valence-corrected chi connectivity index (χ1v) is 18.3. The Morgan fingerprint density at radius 3 is 2.39 bits per heavy atom. The summed E-state index contributed by atoms with van der Waals surface area (Å²) in [5.74, 6) is 0.919. The molecule has 212 valence electrons. The van der Waals surface area contributed by atoms with Crippen molar-refractivity contribution in [2.24, 2.45) is 0 Å². The van der Waals surface area contributed by atoms with E-state index in [1.807, 2.05) is 20.8 Å². The molecular formula is C27H44BrN5O3SSi. The Bertz CT molecular complexity index is 1140. The Kier molecular flexibility index (Phi) is 8.72. The number of halogens is 1. The van der Waals surface area contributed by atoms with E-state index in [-0.39, 0.29) is 23.3 Å². The number of piperidine rings is 2. The predicted octanol–water partition coefficient (Wildman–Crippen LogP) is 6.94. The van der Waals surface area contributed by atoms with E-state index in [4.69, 9.17) is 19.1 Å². The lowest BCUT2D eigenvalue weighted by Crippen LogP contribution is -2.49. The molecule has 2 aliphatic heterocycles. The molecule has 0 saturated carbocycles. The fraction of sp³-hybridized carbons (Fsp3) is 0.741. The zero-order chi connectivity index (χ0) is 27.9. The van der Waals surface area contributed by atoms with Crippen LogP contribution in [0, 0.1) is 0 Å². The first-order valence-electron chi connectivity index (χ1n) is 13.8. The van der Waals surface area contributed by atoms with Gasteiger partial charge in [0.25, 0.3) is 0 Å². The average molecular weight is 627 g/mol. The highest BCUT2D eigenvalue weighted by Gasteiger charge is 2.40. The number of hydrogen-bond donors (Lipinski definition) is 1. The Morgan fingerprint density at radius 2 is 1.76 bits per heavy atom. The number of fused-ring (bicyclic) bond motifs is 1. The number of hydrogen-bond acceptors (Lipinski definition) is 8. The molecule has 1 unspecified atom stereocenters. The van der Waals surface area contributed by atoms with E-state index in [2.05, 4.69) is 71.0 Å². The molecule has 2 aromatic rings. The lowest BCUT2D eigenvalue weighted by molar-refractivity contribution is 0.0497. The molecule has 2 saturated heterocycles. The molecule has 2 aromatic heterocycles. The van der Waals surface area contributed by atoms with Gasteiger partial charge in [0.05, 0.1) is 15.3 Å². The number of anilines is 2. The van der Waals surface area contributed by atoms with Crippen LogP contribution in [0.5, 0.6) is 0 Å². The van der Waals surface area contributed by atoms with Crippen molar-refractivity contribution in [2.45, 2.75) is 103 Å². The summed E-state index contributed by atoms with van der Waals surface area (Å²) < 4.78 is 14.2. The summed E-state index contributed by atoms with van der Waals surface area (Å²) in [6, 6.07) is 2.26. The van der Waals surface area contributed by atoms with E-state index in [0.29, 0.717) is 0 Å². The van der Waals surface area contributed by atoms with Gasteiger partial charge in [-0.2, -0.15) is 4.98 Å². The molecule has 0 bridgehead atoms. The van der Waals surface area contributed by atoms with Crippen LogP contribution in [0.25, 0.3) is 10.3 Å². The fourth-order valence-corrected chi connectivity index (χ4v) is 7.77. The van der Waals surface area contributed by atoms with Gasteiger partial charge in [-0.25, -0.2) is 9.78 Å². The van der Waals surface area contributed by atoms with Crippen molar-refractivity contribution < 1.29 is 14.0 Å². The number of ether oxygens (including phenoxy) is 1. The number of nitrogens with one attached hydrogen (secondary N) is 1. The summed E-state index contributed by atoms with van der Waals surface area (Å²) in [4.78, 5) is 26.8. The van der Waals surface area contributed by atoms with Crippen molar-refractivity contribution in [3.05, 3.63) is 10.5 Å². The van der Waals surface area contributed by atoms with E-state index in [1.54, 1.807) is 11.3 Å². The van der Waals surface area contributed by atoms with Crippen LogP contribution in [0.15, 0.2) is 10.5 Å². The van der Waals surface area contributed by atoms with Crippen LogP contribution in [-0.4, -0.2) is 68.3 Å². The minimum atomic E-state index is -1.81. The van der Waals surface area contributed by atoms with Crippen molar-refractivity contribution in [3.8, 4) is 0 Å². The minimum absolute atomic E-state index is 0.107. The zero-order valence-corrected chi connectivity index (χ0v) is 27.6. The number of pyridine rings is 1. The van der Waals surface area contributed by atoms with Gasteiger partial charge in [0.15, 0.2) is 19.1 Å². The number of nitrogens with zero attached hydrogens (tertiary/aromatic N) is 4. The van der Waals surface area contributed by atoms with Crippen LogP contribution < -0.4 is 15.1 Å². The molecule has 0 radical (unpaired) electrons. The quantitative estimate of drug-likeness (QED) is 0.361. The molecule has 2 aliphatic rings. The Balaban J connectivity index is 1.41. The van der Waals surface area contributed by atoms with Crippen LogP contribution in [0.3, 0.4) is 0 Å². The highest BCUT2D eigenvalue weighted by Crippen LogP contribution is 2.39. The van der Waals surface area contributed by atoms with Crippen LogP contribution in [0.1, 0.15) is 67.2 Å². The maximum Gasteiger partial charge on any atom is 0.407 e. The maximum absolute atomic E-state index is 12.2. The highest BCUT2D eigenvalue weighted by molar-refractivity contribution is 9.10. The Hall–Kier alpha value is -1.43. The summed E-state index contributed by atoms with van der Waals surface area (Å²) in [5.41, 5.74) is 0.304. The van der Waals surface area contributed by atoms with Gasteiger partial charge in [-0.3, -0.25) is 0 Å². The van der Waals surface area contributed by atoms with E-state index in [0.717, 1.165) is 77.6 Å². The second-order valence-corrected chi connectivity index (χ2v) is 19.7. The third kappa shape index (κ3) is 7.20. The van der Waals surface area contributed by atoms with Crippen molar-refractivity contribution in [2.75, 3.05) is 36.0 Å². The van der Waals surface area contributed by atoms with Crippen molar-refractivity contribution in [3.63, 3.8) is 0 Å². The largest absolute Gasteiger partial charge is 0.444 e. The molecule has 4 heterocycles. The predicted molar refractivity (Wildman–Crippen MR) is 163 cm³/mol. The second kappa shape index (κ2) is 11.2. The van der Waals surface area contributed by atoms with Gasteiger partial charge in [0.1, 0.15) is 11.4 Å². The number of thiazole rings is 1. The van der Waals surface area contributed by atoms with Crippen LogP contribution in [-0.2, 0) is 9.16 Å². The van der Waals surface area contributed by atoms with E-state index >= 15 is 0 Å². The standard InChI is InChI=1S/C27H44BrN5O3SSi/c1-26(2,3)35-25(34)29-18-11-14-32(15-12-18)23-20(28)16-21-22(30-23)31-24(37-21)33-13-9-10-19(17-33)36-38(7,8)27(4,5)6/h16,18-19H,9-15,17H2,1-8H3,(H,29,34). The molecule has 1 atom stereocenters. The molecule has 0 aliphatic carbocycles. The Labute approximate surface area is 241 Å². The van der Waals surface area contributed by atoms with Crippen molar-refractivity contribution in [1.82, 2.24) is 15.3 Å². The maximum atomic E-state index is 12.2. The third-order valence-electron chi connectivity index (χ3n) is 7.74. The molecule has 0 aromatic carbocycles. The smallest absolute Gasteiger partial charge is 0.407 e. The topological polar surface area (TPSA) is 79.8 Å². The molecular weight excluding hydrogens is 582 g/mol. The summed E-state index contributed by atoms with van der Waals surface area (Å²) >= 11 is 5.47. The lowest BCUT2D eigenvalue weighted by Gasteiger charge is -2.42. The average Bonchev–Trinajstić information content (AvgIpc) is 3.20. The molecule has 11 heteroatoms. The van der Waals surface area contributed by atoms with E-state index in [9.17, 15) is 4.79 Å². The molecule has 4 rings (SSSR count). The number of aromatic nitrogens is 2. The molecule has 0 spiro atoms. The minimum Gasteiger partial charge on any atom is -0.444 e. The number of amides is 1. The summed E-state index contributed by atoms with van der Waals surface area (Å²) in [7, 11) is -1.81. The Morgan fingerprint density at radius 1 is 1.08 bits per heavy atom. The highest BCUT2D eigenvalue weighted by atomic mass is 79.9. The summed E-state index contributed by atoms with van der Waals surface area (Å²) in [6.07, 6.45) is 3.82. The van der Waals surface area contributed by atoms with Crippen molar-refractivity contribution >= 4 is 63.0 Å². The van der Waals surface area contributed by atoms with Gasteiger partial charge in [0, 0.05) is 32.2 Å². The molecule has 1 amide bonds. The third-order valence-corrected chi connectivity index (χ3v) is 13.9. The van der Waals surface area contributed by atoms with Gasteiger partial charge < -0.3 is 24.3 Å². The van der Waals surface area contributed by atoms with Gasteiger partial charge in [-0.1, -0.05) is 32.1 Å². The van der Waals surface area contributed by atoms with E-state index in [1.165, 1.54) is 0 Å². The second-order valence-electron chi connectivity index (χ2n) is 13.1. The van der Waals surface area contributed by atoms with Gasteiger partial charge in [-0.05, 0) is 86.6 Å². The van der Waals surface area contributed by atoms with Gasteiger partial charge >= 0.3 is 6.09 Å². The lowest BCUT2D eigenvalue weighted by atomic mass is 10.1.